The first-order valence-corrected chi connectivity index (χ1v) is 5.54. The van der Waals surface area contributed by atoms with Crippen LogP contribution in [0, 0.1) is 6.92 Å². The average Bonchev–Trinajstić information content (AvgIpc) is 2.46. The van der Waals surface area contributed by atoms with Crippen molar-refractivity contribution in [2.24, 2.45) is 5.73 Å². The van der Waals surface area contributed by atoms with Gasteiger partial charge in [-0.15, -0.1) is 11.3 Å². The van der Waals surface area contributed by atoms with Crippen LogP contribution < -0.4 is 16.8 Å². The van der Waals surface area contributed by atoms with Crippen LogP contribution in [0.15, 0.2) is 6.07 Å². The van der Waals surface area contributed by atoms with Crippen LogP contribution in [0.5, 0.6) is 0 Å². The van der Waals surface area contributed by atoms with Crippen LogP contribution in [-0.4, -0.2) is 17.4 Å². The van der Waals surface area contributed by atoms with Crippen LogP contribution in [-0.2, 0) is 4.79 Å². The van der Waals surface area contributed by atoms with E-state index >= 15 is 0 Å². The first-order chi connectivity index (χ1) is 7.24. The summed E-state index contributed by atoms with van der Waals surface area (Å²) in [5.41, 5.74) is 10.3. The van der Waals surface area contributed by atoms with Crippen LogP contribution in [0.2, 0.25) is 0 Å². The van der Waals surface area contributed by atoms with E-state index in [0.717, 1.165) is 4.88 Å². The quantitative estimate of drug-likeness (QED) is 0.724. The van der Waals surface area contributed by atoms with Crippen LogP contribution in [0.4, 0.5) is 5.69 Å². The summed E-state index contributed by atoms with van der Waals surface area (Å²) in [6.07, 6.45) is 0. The maximum atomic E-state index is 11.8. The van der Waals surface area contributed by atoms with E-state index in [0.29, 0.717) is 10.6 Å². The Hall–Kier alpha value is -1.56. The van der Waals surface area contributed by atoms with Crippen molar-refractivity contribution in [3.05, 3.63) is 15.8 Å². The molecule has 5 N–H and O–H groups in total. The molecule has 88 valence electrons. The van der Waals surface area contributed by atoms with Gasteiger partial charge < -0.3 is 16.8 Å². The van der Waals surface area contributed by atoms with Gasteiger partial charge in [0.25, 0.3) is 5.91 Å². The highest BCUT2D eigenvalue weighted by molar-refractivity contribution is 7.14. The standard InChI is InChI=1S/C10H15N3O2S/c1-5-6(11)4-7(16-5)8(14)13-10(2,3)9(12)15/h4H,11H2,1-3H3,(H2,12,15)(H,13,14). The van der Waals surface area contributed by atoms with Gasteiger partial charge in [0.15, 0.2) is 0 Å². The number of rotatable bonds is 3. The molecule has 1 heterocycles. The van der Waals surface area contributed by atoms with Crippen molar-refractivity contribution < 1.29 is 9.59 Å². The second kappa shape index (κ2) is 4.13. The number of primary amides is 1. The molecule has 0 saturated heterocycles. The molecule has 6 heteroatoms. The lowest BCUT2D eigenvalue weighted by Crippen LogP contribution is -2.52. The normalized spacial score (nSPS) is 11.2. The molecule has 1 aromatic heterocycles. The Balaban J connectivity index is 2.84. The first kappa shape index (κ1) is 12.5. The second-order valence-corrected chi connectivity index (χ2v) is 5.32. The molecule has 5 nitrogen and oxygen atoms in total. The van der Waals surface area contributed by atoms with Crippen molar-refractivity contribution in [3.8, 4) is 0 Å². The minimum atomic E-state index is -1.07. The smallest absolute Gasteiger partial charge is 0.262 e. The third-order valence-corrected chi connectivity index (χ3v) is 3.29. The Morgan fingerprint density at radius 1 is 1.44 bits per heavy atom. The molecular formula is C10H15N3O2S. The highest BCUT2D eigenvalue weighted by Gasteiger charge is 2.27. The molecule has 0 atom stereocenters. The molecule has 0 aromatic carbocycles. The van der Waals surface area contributed by atoms with Gasteiger partial charge in [-0.25, -0.2) is 0 Å². The van der Waals surface area contributed by atoms with Crippen molar-refractivity contribution in [3.63, 3.8) is 0 Å². The largest absolute Gasteiger partial charge is 0.398 e. The Morgan fingerprint density at radius 2 is 2.00 bits per heavy atom. The van der Waals surface area contributed by atoms with Crippen molar-refractivity contribution in [2.45, 2.75) is 26.3 Å². The summed E-state index contributed by atoms with van der Waals surface area (Å²) < 4.78 is 0. The van der Waals surface area contributed by atoms with E-state index in [1.165, 1.54) is 11.3 Å². The molecule has 0 spiro atoms. The van der Waals surface area contributed by atoms with Crippen LogP contribution in [0.1, 0.15) is 28.4 Å². The van der Waals surface area contributed by atoms with E-state index in [4.69, 9.17) is 11.5 Å². The fourth-order valence-electron chi connectivity index (χ4n) is 1.02. The number of aryl methyl sites for hydroxylation is 1. The molecule has 0 aliphatic heterocycles. The number of carbonyl (C=O) groups is 2. The summed E-state index contributed by atoms with van der Waals surface area (Å²) in [4.78, 5) is 24.2. The summed E-state index contributed by atoms with van der Waals surface area (Å²) in [5.74, 6) is -0.921. The van der Waals surface area contributed by atoms with Gasteiger partial charge in [-0.3, -0.25) is 9.59 Å². The molecule has 0 aliphatic carbocycles. The van der Waals surface area contributed by atoms with Gasteiger partial charge in [-0.1, -0.05) is 0 Å². The summed E-state index contributed by atoms with van der Waals surface area (Å²) >= 11 is 1.29. The third-order valence-electron chi connectivity index (χ3n) is 2.22. The van der Waals surface area contributed by atoms with Gasteiger partial charge in [0, 0.05) is 10.6 Å². The zero-order valence-corrected chi connectivity index (χ0v) is 10.3. The number of anilines is 1. The van der Waals surface area contributed by atoms with Crippen LogP contribution in [0.3, 0.4) is 0 Å². The van der Waals surface area contributed by atoms with Gasteiger partial charge in [0.2, 0.25) is 5.91 Å². The Kier molecular flexibility index (Phi) is 3.23. The summed E-state index contributed by atoms with van der Waals surface area (Å²) in [6, 6.07) is 1.59. The highest BCUT2D eigenvalue weighted by atomic mass is 32.1. The minimum absolute atomic E-state index is 0.339. The van der Waals surface area contributed by atoms with E-state index < -0.39 is 11.4 Å². The predicted molar refractivity (Wildman–Crippen MR) is 64.2 cm³/mol. The number of nitrogens with two attached hydrogens (primary N) is 2. The zero-order chi connectivity index (χ0) is 12.5. The van der Waals surface area contributed by atoms with Gasteiger partial charge in [-0.05, 0) is 26.8 Å². The fraction of sp³-hybridized carbons (Fsp3) is 0.400. The van der Waals surface area contributed by atoms with Crippen molar-refractivity contribution in [2.75, 3.05) is 5.73 Å². The Bertz CT molecular complexity index is 418. The van der Waals surface area contributed by atoms with Gasteiger partial charge in [0.1, 0.15) is 5.54 Å². The highest BCUT2D eigenvalue weighted by Crippen LogP contribution is 2.23. The van der Waals surface area contributed by atoms with Gasteiger partial charge in [-0.2, -0.15) is 0 Å². The van der Waals surface area contributed by atoms with Gasteiger partial charge >= 0.3 is 0 Å². The topological polar surface area (TPSA) is 98.2 Å². The molecular weight excluding hydrogens is 226 g/mol. The monoisotopic (exact) mass is 241 g/mol. The fourth-order valence-corrected chi connectivity index (χ4v) is 1.85. The van der Waals surface area contributed by atoms with E-state index in [9.17, 15) is 9.59 Å². The second-order valence-electron chi connectivity index (χ2n) is 4.07. The number of hydrogen-bond acceptors (Lipinski definition) is 4. The number of nitrogen functional groups attached to an aromatic ring is 1. The average molecular weight is 241 g/mol. The number of carbonyl (C=O) groups excluding carboxylic acids is 2. The lowest BCUT2D eigenvalue weighted by Gasteiger charge is -2.21. The maximum absolute atomic E-state index is 11.8. The summed E-state index contributed by atoms with van der Waals surface area (Å²) in [5, 5.41) is 2.55. The van der Waals surface area contributed by atoms with E-state index in [2.05, 4.69) is 5.32 Å². The molecule has 1 aromatic rings. The predicted octanol–water partition coefficient (Wildman–Crippen LogP) is 0.632. The minimum Gasteiger partial charge on any atom is -0.398 e. The van der Waals surface area contributed by atoms with Crippen molar-refractivity contribution in [1.29, 1.82) is 0 Å². The Morgan fingerprint density at radius 3 is 2.38 bits per heavy atom. The first-order valence-electron chi connectivity index (χ1n) is 4.72. The molecule has 0 radical (unpaired) electrons. The lowest BCUT2D eigenvalue weighted by molar-refractivity contribution is -0.122. The Labute approximate surface area is 97.8 Å². The number of thiophene rings is 1. The molecule has 0 aliphatic rings. The molecule has 1 rings (SSSR count). The molecule has 2 amide bonds. The lowest BCUT2D eigenvalue weighted by atomic mass is 10.1. The van der Waals surface area contributed by atoms with E-state index in [-0.39, 0.29) is 5.91 Å². The summed E-state index contributed by atoms with van der Waals surface area (Å²) in [7, 11) is 0. The SMILES string of the molecule is Cc1sc(C(=O)NC(C)(C)C(N)=O)cc1N. The van der Waals surface area contributed by atoms with E-state index in [1.54, 1.807) is 19.9 Å². The van der Waals surface area contributed by atoms with Crippen LogP contribution in [0.25, 0.3) is 0 Å². The molecule has 0 saturated carbocycles. The van der Waals surface area contributed by atoms with E-state index in [1.807, 2.05) is 6.92 Å². The third kappa shape index (κ3) is 2.52. The van der Waals surface area contributed by atoms with Crippen molar-refractivity contribution in [1.82, 2.24) is 5.32 Å². The number of hydrogen-bond donors (Lipinski definition) is 3. The maximum Gasteiger partial charge on any atom is 0.262 e. The molecule has 0 unspecified atom stereocenters. The van der Waals surface area contributed by atoms with Gasteiger partial charge in [0.05, 0.1) is 4.88 Å². The molecule has 16 heavy (non-hydrogen) atoms. The summed E-state index contributed by atoms with van der Waals surface area (Å²) in [6.45, 7) is 4.93. The zero-order valence-electron chi connectivity index (χ0n) is 9.46. The molecule has 0 fully saturated rings. The van der Waals surface area contributed by atoms with Crippen molar-refractivity contribution >= 4 is 28.8 Å². The number of nitrogens with one attached hydrogen (secondary N) is 1. The number of amides is 2. The molecule has 0 bridgehead atoms. The van der Waals surface area contributed by atoms with Crippen LogP contribution >= 0.6 is 11.3 Å².